The SMILES string of the molecule is Cc1cc(Br)c(NC(=O)CSc2nnc([C@H](C)NC(=O)c3ccccc3Cl)n2C)cc1C. The molecule has 0 radical (unpaired) electrons. The molecule has 168 valence electrons. The first kappa shape index (κ1) is 24.3. The highest BCUT2D eigenvalue weighted by Crippen LogP contribution is 2.27. The van der Waals surface area contributed by atoms with Crippen LogP contribution in [0.5, 0.6) is 0 Å². The van der Waals surface area contributed by atoms with Crippen molar-refractivity contribution in [3.05, 3.63) is 68.4 Å². The summed E-state index contributed by atoms with van der Waals surface area (Å²) >= 11 is 10.9. The maximum atomic E-state index is 12.5. The number of nitrogens with one attached hydrogen (secondary N) is 2. The molecule has 0 unspecified atom stereocenters. The Morgan fingerprint density at radius 3 is 2.59 bits per heavy atom. The van der Waals surface area contributed by atoms with Crippen LogP contribution in [0.4, 0.5) is 5.69 Å². The molecule has 1 atom stereocenters. The van der Waals surface area contributed by atoms with Crippen LogP contribution in [0.2, 0.25) is 5.02 Å². The van der Waals surface area contributed by atoms with Crippen LogP contribution in [-0.2, 0) is 11.8 Å². The van der Waals surface area contributed by atoms with Crippen LogP contribution in [-0.4, -0.2) is 32.3 Å². The summed E-state index contributed by atoms with van der Waals surface area (Å²) in [5.74, 6) is 0.304. The summed E-state index contributed by atoms with van der Waals surface area (Å²) in [5, 5.41) is 15.1. The van der Waals surface area contributed by atoms with E-state index >= 15 is 0 Å². The first-order chi connectivity index (χ1) is 15.2. The number of carbonyl (C=O) groups is 2. The molecule has 0 saturated heterocycles. The second-order valence-corrected chi connectivity index (χ2v) is 9.53. The van der Waals surface area contributed by atoms with Crippen molar-refractivity contribution in [2.45, 2.75) is 32.0 Å². The Bertz CT molecular complexity index is 1170. The van der Waals surface area contributed by atoms with Crippen molar-refractivity contribution in [3.8, 4) is 0 Å². The number of rotatable bonds is 7. The lowest BCUT2D eigenvalue weighted by molar-refractivity contribution is -0.113. The molecule has 0 saturated carbocycles. The number of hydrogen-bond donors (Lipinski definition) is 2. The molecular formula is C22H23BrClN5O2S. The van der Waals surface area contributed by atoms with Gasteiger partial charge in [-0.15, -0.1) is 10.2 Å². The predicted molar refractivity (Wildman–Crippen MR) is 131 cm³/mol. The third-order valence-electron chi connectivity index (χ3n) is 4.91. The van der Waals surface area contributed by atoms with Crippen LogP contribution < -0.4 is 10.6 Å². The maximum Gasteiger partial charge on any atom is 0.253 e. The molecule has 10 heteroatoms. The van der Waals surface area contributed by atoms with E-state index in [-0.39, 0.29) is 17.6 Å². The highest BCUT2D eigenvalue weighted by atomic mass is 79.9. The van der Waals surface area contributed by atoms with Crippen LogP contribution in [0.25, 0.3) is 0 Å². The van der Waals surface area contributed by atoms with Crippen LogP contribution in [0.15, 0.2) is 46.0 Å². The van der Waals surface area contributed by atoms with Gasteiger partial charge in [0.25, 0.3) is 5.91 Å². The van der Waals surface area contributed by atoms with E-state index in [2.05, 4.69) is 36.8 Å². The van der Waals surface area contributed by atoms with Gasteiger partial charge in [0, 0.05) is 11.5 Å². The van der Waals surface area contributed by atoms with Crippen LogP contribution >= 0.6 is 39.3 Å². The first-order valence-electron chi connectivity index (χ1n) is 9.81. The molecular weight excluding hydrogens is 514 g/mol. The minimum atomic E-state index is -0.397. The number of amides is 2. The summed E-state index contributed by atoms with van der Waals surface area (Å²) in [6.07, 6.45) is 0. The molecule has 1 aromatic heterocycles. The zero-order valence-corrected chi connectivity index (χ0v) is 21.2. The molecule has 32 heavy (non-hydrogen) atoms. The Labute approximate surface area is 204 Å². The number of aromatic nitrogens is 3. The van der Waals surface area contributed by atoms with Crippen LogP contribution in [0, 0.1) is 13.8 Å². The number of aryl methyl sites for hydroxylation is 2. The van der Waals surface area contributed by atoms with Gasteiger partial charge in [0.05, 0.1) is 28.1 Å². The third kappa shape index (κ3) is 5.70. The number of nitrogens with zero attached hydrogens (tertiary/aromatic N) is 3. The lowest BCUT2D eigenvalue weighted by Gasteiger charge is -2.14. The number of thioether (sulfide) groups is 1. The number of benzene rings is 2. The summed E-state index contributed by atoms with van der Waals surface area (Å²) in [7, 11) is 1.80. The minimum Gasteiger partial charge on any atom is -0.342 e. The van der Waals surface area contributed by atoms with Crippen molar-refractivity contribution in [1.82, 2.24) is 20.1 Å². The van der Waals surface area contributed by atoms with E-state index < -0.39 is 6.04 Å². The van der Waals surface area contributed by atoms with E-state index in [1.807, 2.05) is 32.9 Å². The molecule has 0 spiro atoms. The van der Waals surface area contributed by atoms with E-state index in [0.29, 0.717) is 21.6 Å². The van der Waals surface area contributed by atoms with Gasteiger partial charge in [-0.2, -0.15) is 0 Å². The highest BCUT2D eigenvalue weighted by molar-refractivity contribution is 9.10. The van der Waals surface area contributed by atoms with Gasteiger partial charge in [-0.1, -0.05) is 35.5 Å². The second-order valence-electron chi connectivity index (χ2n) is 7.33. The molecule has 2 amide bonds. The lowest BCUT2D eigenvalue weighted by Crippen LogP contribution is -2.28. The van der Waals surface area contributed by atoms with Gasteiger partial charge in [0.15, 0.2) is 11.0 Å². The zero-order valence-electron chi connectivity index (χ0n) is 18.1. The monoisotopic (exact) mass is 535 g/mol. The molecule has 2 aromatic carbocycles. The lowest BCUT2D eigenvalue weighted by atomic mass is 10.1. The Hall–Kier alpha value is -2.36. The number of halogens is 2. The predicted octanol–water partition coefficient (Wildman–Crippen LogP) is 5.07. The van der Waals surface area contributed by atoms with Crippen LogP contribution in [0.3, 0.4) is 0 Å². The molecule has 0 fully saturated rings. The first-order valence-corrected chi connectivity index (χ1v) is 12.0. The average Bonchev–Trinajstić information content (AvgIpc) is 3.11. The van der Waals surface area contributed by atoms with Gasteiger partial charge in [-0.25, -0.2) is 0 Å². The van der Waals surface area contributed by atoms with Gasteiger partial charge in [-0.05, 0) is 72.1 Å². The van der Waals surface area contributed by atoms with Crippen molar-refractivity contribution in [2.24, 2.45) is 7.05 Å². The molecule has 7 nitrogen and oxygen atoms in total. The molecule has 0 bridgehead atoms. The summed E-state index contributed by atoms with van der Waals surface area (Å²) < 4.78 is 2.60. The molecule has 2 N–H and O–H groups in total. The molecule has 0 aliphatic heterocycles. The molecule has 0 aliphatic carbocycles. The topological polar surface area (TPSA) is 88.9 Å². The summed E-state index contributed by atoms with van der Waals surface area (Å²) in [5.41, 5.74) is 3.37. The minimum absolute atomic E-state index is 0.149. The van der Waals surface area contributed by atoms with Gasteiger partial charge in [0.2, 0.25) is 5.91 Å². The zero-order chi connectivity index (χ0) is 23.4. The van der Waals surface area contributed by atoms with Crippen molar-refractivity contribution in [3.63, 3.8) is 0 Å². The summed E-state index contributed by atoms with van der Waals surface area (Å²) in [6.45, 7) is 5.83. The summed E-state index contributed by atoms with van der Waals surface area (Å²) in [6, 6.07) is 10.4. The Kier molecular flexibility index (Phi) is 7.97. The standard InChI is InChI=1S/C22H23BrClN5O2S/c1-12-9-16(23)18(10-13(12)2)26-19(30)11-32-22-28-27-20(29(22)4)14(3)25-21(31)15-7-5-6-8-17(15)24/h5-10,14H,11H2,1-4H3,(H,25,31)(H,26,30)/t14-/m0/s1. The third-order valence-corrected chi connectivity index (χ3v) is 6.92. The van der Waals surface area contributed by atoms with E-state index in [9.17, 15) is 9.59 Å². The highest BCUT2D eigenvalue weighted by Gasteiger charge is 2.20. The largest absolute Gasteiger partial charge is 0.342 e. The van der Waals surface area contributed by atoms with Crippen molar-refractivity contribution < 1.29 is 9.59 Å². The van der Waals surface area contributed by atoms with E-state index in [1.54, 1.807) is 35.9 Å². The smallest absolute Gasteiger partial charge is 0.253 e. The van der Waals surface area contributed by atoms with Gasteiger partial charge < -0.3 is 15.2 Å². The number of hydrogen-bond acceptors (Lipinski definition) is 5. The number of carbonyl (C=O) groups excluding carboxylic acids is 2. The van der Waals surface area contributed by atoms with Crippen LogP contribution in [0.1, 0.15) is 40.3 Å². The van der Waals surface area contributed by atoms with E-state index in [0.717, 1.165) is 21.3 Å². The second kappa shape index (κ2) is 10.5. The molecule has 1 heterocycles. The number of anilines is 1. The Balaban J connectivity index is 1.61. The fourth-order valence-corrected chi connectivity index (χ4v) is 4.50. The molecule has 3 rings (SSSR count). The van der Waals surface area contributed by atoms with E-state index in [4.69, 9.17) is 11.6 Å². The quantitative estimate of drug-likeness (QED) is 0.412. The Morgan fingerprint density at radius 1 is 1.19 bits per heavy atom. The van der Waals surface area contributed by atoms with Gasteiger partial charge in [-0.3, -0.25) is 9.59 Å². The van der Waals surface area contributed by atoms with Crippen molar-refractivity contribution in [1.29, 1.82) is 0 Å². The van der Waals surface area contributed by atoms with Crippen molar-refractivity contribution >= 4 is 56.8 Å². The maximum absolute atomic E-state index is 12.5. The molecule has 3 aromatic rings. The fourth-order valence-electron chi connectivity index (χ4n) is 3.01. The Morgan fingerprint density at radius 2 is 1.88 bits per heavy atom. The normalized spacial score (nSPS) is 11.8. The van der Waals surface area contributed by atoms with Crippen molar-refractivity contribution in [2.75, 3.05) is 11.1 Å². The molecule has 0 aliphatic rings. The summed E-state index contributed by atoms with van der Waals surface area (Å²) in [4.78, 5) is 25.0. The van der Waals surface area contributed by atoms with Gasteiger partial charge in [0.1, 0.15) is 0 Å². The van der Waals surface area contributed by atoms with Gasteiger partial charge >= 0.3 is 0 Å². The van der Waals surface area contributed by atoms with E-state index in [1.165, 1.54) is 11.8 Å². The average molecular weight is 537 g/mol. The fraction of sp³-hybridized carbons (Fsp3) is 0.273.